The Hall–Kier alpha value is -1.35. The number of furan rings is 1. The van der Waals surface area contributed by atoms with Crippen LogP contribution in [0.25, 0.3) is 0 Å². The van der Waals surface area contributed by atoms with Crippen LogP contribution in [0.1, 0.15) is 11.3 Å². The molecule has 0 radical (unpaired) electrons. The molecule has 0 atom stereocenters. The molecule has 0 saturated heterocycles. The normalized spacial score (nSPS) is 10.5. The molecule has 0 bridgehead atoms. The van der Waals surface area contributed by atoms with Crippen molar-refractivity contribution in [2.45, 2.75) is 23.6 Å². The minimum absolute atomic E-state index is 0.836. The quantitative estimate of drug-likeness (QED) is 0.784. The summed E-state index contributed by atoms with van der Waals surface area (Å²) >= 11 is 1.69. The van der Waals surface area contributed by atoms with Crippen molar-refractivity contribution >= 4 is 17.4 Å². The van der Waals surface area contributed by atoms with Crippen LogP contribution < -0.4 is 5.73 Å². The molecule has 2 N–H and O–H groups in total. The maximum Gasteiger partial charge on any atom is 0.114 e. The van der Waals surface area contributed by atoms with Crippen LogP contribution in [0.3, 0.4) is 0 Å². The molecule has 0 spiro atoms. The second-order valence-electron chi connectivity index (χ2n) is 3.46. The van der Waals surface area contributed by atoms with E-state index in [2.05, 4.69) is 6.07 Å². The van der Waals surface area contributed by atoms with Crippen molar-refractivity contribution in [3.8, 4) is 0 Å². The van der Waals surface area contributed by atoms with E-state index in [1.807, 2.05) is 32.0 Å². The predicted molar refractivity (Wildman–Crippen MR) is 63.2 cm³/mol. The minimum atomic E-state index is 0.836. The van der Waals surface area contributed by atoms with Gasteiger partial charge >= 0.3 is 0 Å². The molecule has 0 aliphatic heterocycles. The largest absolute Gasteiger partial charge is 0.468 e. The Labute approximate surface area is 93.5 Å². The molecule has 0 amide bonds. The molecule has 0 fully saturated rings. The monoisotopic (exact) mass is 219 g/mol. The lowest BCUT2D eigenvalue weighted by molar-refractivity contribution is 0.527. The molecule has 2 aromatic rings. The topological polar surface area (TPSA) is 39.2 Å². The molecule has 2 rings (SSSR count). The standard InChI is InChI=1S/C12H13NOS/c1-8-7-10(3-4-11(8)13)15-12-5-6-14-9(12)2/h3-7H,13H2,1-2H3. The molecule has 1 aromatic carbocycles. The highest BCUT2D eigenvalue weighted by molar-refractivity contribution is 7.99. The maximum absolute atomic E-state index is 5.76. The average Bonchev–Trinajstić information content (AvgIpc) is 2.59. The fourth-order valence-electron chi connectivity index (χ4n) is 1.32. The molecule has 1 heterocycles. The molecular formula is C12H13NOS. The Balaban J connectivity index is 2.25. The van der Waals surface area contributed by atoms with E-state index in [1.165, 1.54) is 4.90 Å². The van der Waals surface area contributed by atoms with Crippen molar-refractivity contribution in [1.82, 2.24) is 0 Å². The summed E-state index contributed by atoms with van der Waals surface area (Å²) in [5, 5.41) is 0. The Morgan fingerprint density at radius 2 is 2.00 bits per heavy atom. The molecule has 15 heavy (non-hydrogen) atoms. The van der Waals surface area contributed by atoms with E-state index < -0.39 is 0 Å². The van der Waals surface area contributed by atoms with Crippen molar-refractivity contribution in [3.05, 3.63) is 41.9 Å². The summed E-state index contributed by atoms with van der Waals surface area (Å²) in [7, 11) is 0. The summed E-state index contributed by atoms with van der Waals surface area (Å²) in [6.07, 6.45) is 1.71. The Morgan fingerprint density at radius 3 is 2.60 bits per heavy atom. The van der Waals surface area contributed by atoms with Crippen LogP contribution in [0.4, 0.5) is 5.69 Å². The second kappa shape index (κ2) is 4.03. The van der Waals surface area contributed by atoms with E-state index in [4.69, 9.17) is 10.2 Å². The van der Waals surface area contributed by atoms with E-state index in [0.29, 0.717) is 0 Å². The third kappa shape index (κ3) is 2.18. The minimum Gasteiger partial charge on any atom is -0.468 e. The lowest BCUT2D eigenvalue weighted by Crippen LogP contribution is -1.88. The third-order valence-electron chi connectivity index (χ3n) is 2.28. The van der Waals surface area contributed by atoms with Crippen molar-refractivity contribution in [1.29, 1.82) is 0 Å². The van der Waals surface area contributed by atoms with E-state index in [-0.39, 0.29) is 0 Å². The summed E-state index contributed by atoms with van der Waals surface area (Å²) in [5.41, 5.74) is 7.71. The molecule has 0 aliphatic carbocycles. The Bertz CT molecular complexity index is 476. The van der Waals surface area contributed by atoms with Gasteiger partial charge < -0.3 is 10.2 Å². The average molecular weight is 219 g/mol. The number of rotatable bonds is 2. The number of hydrogen-bond donors (Lipinski definition) is 1. The first-order chi connectivity index (χ1) is 7.16. The van der Waals surface area contributed by atoms with Crippen LogP contribution in [-0.2, 0) is 0 Å². The molecule has 0 aliphatic rings. The van der Waals surface area contributed by atoms with E-state index >= 15 is 0 Å². The number of hydrogen-bond acceptors (Lipinski definition) is 3. The smallest absolute Gasteiger partial charge is 0.114 e. The number of aryl methyl sites for hydroxylation is 2. The predicted octanol–water partition coefficient (Wildman–Crippen LogP) is 3.63. The van der Waals surface area contributed by atoms with E-state index in [1.54, 1.807) is 18.0 Å². The van der Waals surface area contributed by atoms with Crippen molar-refractivity contribution in [2.75, 3.05) is 5.73 Å². The summed E-state index contributed by atoms with van der Waals surface area (Å²) < 4.78 is 5.25. The Morgan fingerprint density at radius 1 is 1.20 bits per heavy atom. The lowest BCUT2D eigenvalue weighted by atomic mass is 10.2. The molecule has 3 heteroatoms. The zero-order valence-electron chi connectivity index (χ0n) is 8.78. The van der Waals surface area contributed by atoms with Crippen LogP contribution in [0, 0.1) is 13.8 Å². The summed E-state index contributed by atoms with van der Waals surface area (Å²) in [4.78, 5) is 2.34. The van der Waals surface area contributed by atoms with Gasteiger partial charge in [0.05, 0.1) is 11.2 Å². The van der Waals surface area contributed by atoms with Crippen molar-refractivity contribution in [3.63, 3.8) is 0 Å². The highest BCUT2D eigenvalue weighted by atomic mass is 32.2. The van der Waals surface area contributed by atoms with Gasteiger partial charge in [-0.15, -0.1) is 0 Å². The van der Waals surface area contributed by atoms with Gasteiger partial charge in [0.15, 0.2) is 0 Å². The van der Waals surface area contributed by atoms with Gasteiger partial charge in [0.1, 0.15) is 5.76 Å². The lowest BCUT2D eigenvalue weighted by Gasteiger charge is -2.03. The zero-order chi connectivity index (χ0) is 10.8. The van der Waals surface area contributed by atoms with E-state index in [9.17, 15) is 0 Å². The molecular weight excluding hydrogens is 206 g/mol. The van der Waals surface area contributed by atoms with Gasteiger partial charge in [-0.2, -0.15) is 0 Å². The first-order valence-corrected chi connectivity index (χ1v) is 5.56. The third-order valence-corrected chi connectivity index (χ3v) is 3.41. The molecule has 78 valence electrons. The Kier molecular flexibility index (Phi) is 2.73. The van der Waals surface area contributed by atoms with Crippen LogP contribution >= 0.6 is 11.8 Å². The highest BCUT2D eigenvalue weighted by Crippen LogP contribution is 2.32. The van der Waals surface area contributed by atoms with E-state index in [0.717, 1.165) is 21.9 Å². The fourth-order valence-corrected chi connectivity index (χ4v) is 2.26. The maximum atomic E-state index is 5.76. The number of nitrogen functional groups attached to an aromatic ring is 1. The summed E-state index contributed by atoms with van der Waals surface area (Å²) in [5.74, 6) is 0.953. The van der Waals surface area contributed by atoms with Gasteiger partial charge in [0.2, 0.25) is 0 Å². The van der Waals surface area contributed by atoms with Crippen molar-refractivity contribution in [2.24, 2.45) is 0 Å². The number of anilines is 1. The second-order valence-corrected chi connectivity index (χ2v) is 4.58. The van der Waals surface area contributed by atoms with Gasteiger partial charge in [-0.1, -0.05) is 11.8 Å². The van der Waals surface area contributed by atoms with Gasteiger partial charge in [-0.05, 0) is 43.7 Å². The van der Waals surface area contributed by atoms with Crippen LogP contribution in [0.5, 0.6) is 0 Å². The highest BCUT2D eigenvalue weighted by Gasteiger charge is 2.04. The molecule has 0 unspecified atom stereocenters. The fraction of sp³-hybridized carbons (Fsp3) is 0.167. The molecule has 2 nitrogen and oxygen atoms in total. The number of nitrogens with two attached hydrogens (primary N) is 1. The van der Waals surface area contributed by atoms with Crippen LogP contribution in [0.15, 0.2) is 44.7 Å². The first kappa shape index (κ1) is 10.2. The van der Waals surface area contributed by atoms with Crippen LogP contribution in [0.2, 0.25) is 0 Å². The SMILES string of the molecule is Cc1cc(Sc2ccoc2C)ccc1N. The zero-order valence-corrected chi connectivity index (χ0v) is 9.60. The summed E-state index contributed by atoms with van der Waals surface area (Å²) in [6, 6.07) is 8.03. The van der Waals surface area contributed by atoms with Crippen LogP contribution in [-0.4, -0.2) is 0 Å². The van der Waals surface area contributed by atoms with Gasteiger partial charge in [0, 0.05) is 10.6 Å². The van der Waals surface area contributed by atoms with Crippen molar-refractivity contribution < 1.29 is 4.42 Å². The van der Waals surface area contributed by atoms with Gasteiger partial charge in [-0.3, -0.25) is 0 Å². The molecule has 0 saturated carbocycles. The summed E-state index contributed by atoms with van der Waals surface area (Å²) in [6.45, 7) is 3.98. The molecule has 1 aromatic heterocycles. The van der Waals surface area contributed by atoms with Gasteiger partial charge in [-0.25, -0.2) is 0 Å². The number of benzene rings is 1. The van der Waals surface area contributed by atoms with Gasteiger partial charge in [0.25, 0.3) is 0 Å². The first-order valence-electron chi connectivity index (χ1n) is 4.75.